The lowest BCUT2D eigenvalue weighted by Crippen LogP contribution is -2.49. The Morgan fingerprint density at radius 2 is 1.92 bits per heavy atom. The van der Waals surface area contributed by atoms with Crippen molar-refractivity contribution in [3.8, 4) is 0 Å². The zero-order chi connectivity index (χ0) is 17.4. The summed E-state index contributed by atoms with van der Waals surface area (Å²) < 4.78 is 11.3. The van der Waals surface area contributed by atoms with Crippen molar-refractivity contribution >= 4 is 10.8 Å². The van der Waals surface area contributed by atoms with Gasteiger partial charge in [0.15, 0.2) is 0 Å². The van der Waals surface area contributed by atoms with E-state index in [1.54, 1.807) is 7.11 Å². The van der Waals surface area contributed by atoms with Crippen LogP contribution in [0, 0.1) is 0 Å². The van der Waals surface area contributed by atoms with Crippen LogP contribution >= 0.6 is 0 Å². The molecule has 0 saturated carbocycles. The number of aliphatic hydroxyl groups is 1. The van der Waals surface area contributed by atoms with Crippen LogP contribution in [0.2, 0.25) is 0 Å². The lowest BCUT2D eigenvalue weighted by atomic mass is 10.0. The van der Waals surface area contributed by atoms with Crippen LogP contribution < -0.4 is 11.1 Å². The van der Waals surface area contributed by atoms with Gasteiger partial charge in [0.25, 0.3) is 0 Å². The largest absolute Gasteiger partial charge is 0.390 e. The molecular formula is C19H28N2O3. The van der Waals surface area contributed by atoms with Crippen LogP contribution in [0.1, 0.15) is 12.0 Å². The van der Waals surface area contributed by atoms with Crippen molar-refractivity contribution in [2.75, 3.05) is 27.3 Å². The summed E-state index contributed by atoms with van der Waals surface area (Å²) in [4.78, 5) is 0. The molecule has 0 radical (unpaired) electrons. The van der Waals surface area contributed by atoms with Gasteiger partial charge in [-0.15, -0.1) is 0 Å². The highest BCUT2D eigenvalue weighted by Crippen LogP contribution is 2.21. The van der Waals surface area contributed by atoms with Gasteiger partial charge < -0.3 is 25.6 Å². The molecule has 2 aromatic rings. The molecule has 0 spiro atoms. The van der Waals surface area contributed by atoms with Crippen molar-refractivity contribution < 1.29 is 14.6 Å². The molecule has 3 atom stereocenters. The summed E-state index contributed by atoms with van der Waals surface area (Å²) in [6.07, 6.45) is -0.544. The van der Waals surface area contributed by atoms with Crippen LogP contribution in [-0.2, 0) is 16.1 Å². The molecular weight excluding hydrogens is 304 g/mol. The minimum atomic E-state index is -0.641. The SMILES string of the molecule is CNC(COC)[C@@H](OCc1cccc2ccccc12)[C@H](O)CCN. The van der Waals surface area contributed by atoms with Crippen LogP contribution in [0.5, 0.6) is 0 Å². The molecule has 132 valence electrons. The Hall–Kier alpha value is -1.50. The van der Waals surface area contributed by atoms with Crippen molar-refractivity contribution in [1.29, 1.82) is 0 Å². The van der Waals surface area contributed by atoms with Crippen LogP contribution in [0.3, 0.4) is 0 Å². The number of rotatable bonds is 10. The summed E-state index contributed by atoms with van der Waals surface area (Å²) in [5.41, 5.74) is 6.70. The van der Waals surface area contributed by atoms with Crippen LogP contribution in [0.15, 0.2) is 42.5 Å². The molecule has 0 aliphatic rings. The molecule has 0 saturated heterocycles. The summed E-state index contributed by atoms with van der Waals surface area (Å²) in [5, 5.41) is 15.9. The number of aliphatic hydroxyl groups excluding tert-OH is 1. The van der Waals surface area contributed by atoms with E-state index in [4.69, 9.17) is 15.2 Å². The zero-order valence-electron chi connectivity index (χ0n) is 14.4. The second kappa shape index (κ2) is 9.71. The second-order valence-corrected chi connectivity index (χ2v) is 5.91. The van der Waals surface area contributed by atoms with E-state index in [2.05, 4.69) is 29.6 Å². The number of nitrogens with two attached hydrogens (primary N) is 1. The van der Waals surface area contributed by atoms with E-state index >= 15 is 0 Å². The molecule has 0 heterocycles. The fourth-order valence-corrected chi connectivity index (χ4v) is 2.96. The molecule has 0 bridgehead atoms. The second-order valence-electron chi connectivity index (χ2n) is 5.91. The summed E-state index contributed by atoms with van der Waals surface area (Å²) in [6, 6.07) is 14.3. The smallest absolute Gasteiger partial charge is 0.101 e. The third-order valence-electron chi connectivity index (χ3n) is 4.27. The van der Waals surface area contributed by atoms with Crippen molar-refractivity contribution in [2.24, 2.45) is 5.73 Å². The van der Waals surface area contributed by atoms with E-state index < -0.39 is 12.2 Å². The molecule has 2 aromatic carbocycles. The van der Waals surface area contributed by atoms with Crippen molar-refractivity contribution in [1.82, 2.24) is 5.32 Å². The Balaban J connectivity index is 2.16. The number of methoxy groups -OCH3 is 1. The molecule has 2 rings (SSSR count). The monoisotopic (exact) mass is 332 g/mol. The number of hydrogen-bond donors (Lipinski definition) is 3. The average Bonchev–Trinajstić information content (AvgIpc) is 2.61. The van der Waals surface area contributed by atoms with Gasteiger partial charge in [-0.3, -0.25) is 0 Å². The zero-order valence-corrected chi connectivity index (χ0v) is 14.4. The first-order valence-corrected chi connectivity index (χ1v) is 8.33. The molecule has 5 heteroatoms. The molecule has 0 fully saturated rings. The Labute approximate surface area is 143 Å². The maximum atomic E-state index is 10.4. The highest BCUT2D eigenvalue weighted by molar-refractivity contribution is 5.85. The third-order valence-corrected chi connectivity index (χ3v) is 4.27. The van der Waals surface area contributed by atoms with Crippen molar-refractivity contribution in [2.45, 2.75) is 31.3 Å². The molecule has 4 N–H and O–H groups in total. The Bertz CT molecular complexity index is 615. The number of fused-ring (bicyclic) bond motifs is 1. The minimum Gasteiger partial charge on any atom is -0.390 e. The molecule has 0 aliphatic carbocycles. The van der Waals surface area contributed by atoms with Gasteiger partial charge >= 0.3 is 0 Å². The highest BCUT2D eigenvalue weighted by Gasteiger charge is 2.28. The molecule has 24 heavy (non-hydrogen) atoms. The number of likely N-dealkylation sites (N-methyl/N-ethyl adjacent to an activating group) is 1. The van der Waals surface area contributed by atoms with E-state index in [9.17, 15) is 5.11 Å². The molecule has 0 aliphatic heterocycles. The first kappa shape index (κ1) is 18.8. The van der Waals surface area contributed by atoms with E-state index in [0.717, 1.165) is 5.56 Å². The highest BCUT2D eigenvalue weighted by atomic mass is 16.5. The number of ether oxygens (including phenoxy) is 2. The minimum absolute atomic E-state index is 0.105. The van der Waals surface area contributed by atoms with Gasteiger partial charge in [0.05, 0.1) is 25.4 Å². The lowest BCUT2D eigenvalue weighted by Gasteiger charge is -2.30. The average molecular weight is 332 g/mol. The normalized spacial score (nSPS) is 15.3. The van der Waals surface area contributed by atoms with Crippen LogP contribution in [0.4, 0.5) is 0 Å². The van der Waals surface area contributed by atoms with Gasteiger partial charge in [-0.05, 0) is 36.3 Å². The fraction of sp³-hybridized carbons (Fsp3) is 0.474. The summed E-state index contributed by atoms with van der Waals surface area (Å²) in [6.45, 7) is 1.30. The lowest BCUT2D eigenvalue weighted by molar-refractivity contribution is -0.0758. The Morgan fingerprint density at radius 1 is 1.17 bits per heavy atom. The molecule has 1 unspecified atom stereocenters. The topological polar surface area (TPSA) is 76.7 Å². The molecule has 0 amide bonds. The van der Waals surface area contributed by atoms with Crippen LogP contribution in [-0.4, -0.2) is 50.7 Å². The summed E-state index contributed by atoms with van der Waals surface area (Å²) in [7, 11) is 3.48. The number of benzene rings is 2. The predicted molar refractivity (Wildman–Crippen MR) is 96.9 cm³/mol. The van der Waals surface area contributed by atoms with Gasteiger partial charge in [-0.1, -0.05) is 42.5 Å². The van der Waals surface area contributed by atoms with Gasteiger partial charge in [0.2, 0.25) is 0 Å². The van der Waals surface area contributed by atoms with E-state index in [1.165, 1.54) is 10.8 Å². The molecule has 0 aromatic heterocycles. The predicted octanol–water partition coefficient (Wildman–Crippen LogP) is 1.67. The van der Waals surface area contributed by atoms with E-state index in [1.807, 2.05) is 25.2 Å². The number of hydrogen-bond acceptors (Lipinski definition) is 5. The van der Waals surface area contributed by atoms with Gasteiger partial charge in [-0.2, -0.15) is 0 Å². The molecule has 5 nitrogen and oxygen atoms in total. The fourth-order valence-electron chi connectivity index (χ4n) is 2.96. The van der Waals surface area contributed by atoms with Crippen molar-refractivity contribution in [3.05, 3.63) is 48.0 Å². The van der Waals surface area contributed by atoms with Gasteiger partial charge in [0.1, 0.15) is 6.10 Å². The summed E-state index contributed by atoms with van der Waals surface area (Å²) >= 11 is 0. The first-order valence-electron chi connectivity index (χ1n) is 8.33. The maximum Gasteiger partial charge on any atom is 0.101 e. The first-order chi connectivity index (χ1) is 11.7. The Kier molecular flexibility index (Phi) is 7.62. The third kappa shape index (κ3) is 4.75. The van der Waals surface area contributed by atoms with Crippen LogP contribution in [0.25, 0.3) is 10.8 Å². The maximum absolute atomic E-state index is 10.4. The van der Waals surface area contributed by atoms with Gasteiger partial charge in [-0.25, -0.2) is 0 Å². The van der Waals surface area contributed by atoms with E-state index in [-0.39, 0.29) is 6.04 Å². The standard InChI is InChI=1S/C19H28N2O3/c1-21-17(13-23-2)19(18(22)10-11-20)24-12-15-8-5-7-14-6-3-4-9-16(14)15/h3-9,17-19,21-22H,10-13,20H2,1-2H3/t17?,18-,19-/m1/s1. The van der Waals surface area contributed by atoms with Crippen molar-refractivity contribution in [3.63, 3.8) is 0 Å². The van der Waals surface area contributed by atoms with E-state index in [0.29, 0.717) is 26.2 Å². The van der Waals surface area contributed by atoms with Gasteiger partial charge in [0, 0.05) is 7.11 Å². The number of nitrogens with one attached hydrogen (secondary N) is 1. The quantitative estimate of drug-likeness (QED) is 0.617. The Morgan fingerprint density at radius 3 is 2.62 bits per heavy atom. The summed E-state index contributed by atoms with van der Waals surface area (Å²) in [5.74, 6) is 0.